The summed E-state index contributed by atoms with van der Waals surface area (Å²) in [5.41, 5.74) is 14.1. The largest absolute Gasteiger partial charge is 0.370 e. The first kappa shape index (κ1) is 19.4. The van der Waals surface area contributed by atoms with E-state index in [1.807, 2.05) is 42.7 Å². The first-order valence-corrected chi connectivity index (χ1v) is 10.0. The van der Waals surface area contributed by atoms with Gasteiger partial charge >= 0.3 is 0 Å². The highest BCUT2D eigenvalue weighted by Crippen LogP contribution is 2.24. The third-order valence-corrected chi connectivity index (χ3v) is 5.76. The van der Waals surface area contributed by atoms with Gasteiger partial charge in [0.25, 0.3) is 0 Å². The molecule has 2 atom stereocenters. The third kappa shape index (κ3) is 3.95. The first-order valence-electron chi connectivity index (χ1n) is 10.0. The molecule has 1 aliphatic heterocycles. The maximum absolute atomic E-state index is 13.0. The van der Waals surface area contributed by atoms with Gasteiger partial charge in [0.1, 0.15) is 5.54 Å². The van der Waals surface area contributed by atoms with E-state index in [0.717, 1.165) is 38.3 Å². The van der Waals surface area contributed by atoms with Gasteiger partial charge in [-0.3, -0.25) is 9.78 Å². The summed E-state index contributed by atoms with van der Waals surface area (Å²) >= 11 is 0. The molecule has 1 saturated heterocycles. The Morgan fingerprint density at radius 1 is 0.931 bits per heavy atom. The van der Waals surface area contributed by atoms with Gasteiger partial charge in [0, 0.05) is 55.5 Å². The quantitative estimate of drug-likeness (QED) is 0.779. The molecule has 2 heterocycles. The number of carbonyl (C=O) groups is 1. The summed E-state index contributed by atoms with van der Waals surface area (Å²) in [5.74, 6) is -0.156. The summed E-state index contributed by atoms with van der Waals surface area (Å²) in [6.45, 7) is 3.87. The van der Waals surface area contributed by atoms with Crippen molar-refractivity contribution in [1.29, 1.82) is 0 Å². The second-order valence-electron chi connectivity index (χ2n) is 7.61. The Hall–Kier alpha value is -2.96. The number of nitrogens with zero attached hydrogens (tertiary/aromatic N) is 3. The minimum atomic E-state index is -1.19. The zero-order valence-corrected chi connectivity index (χ0v) is 16.4. The van der Waals surface area contributed by atoms with E-state index in [9.17, 15) is 4.79 Å². The molecule has 6 nitrogen and oxygen atoms in total. The smallest absolute Gasteiger partial charge is 0.188 e. The second kappa shape index (κ2) is 8.19. The van der Waals surface area contributed by atoms with E-state index in [0.29, 0.717) is 5.56 Å². The molecule has 29 heavy (non-hydrogen) atoms. The molecule has 1 aromatic heterocycles. The zero-order chi connectivity index (χ0) is 20.3. The molecule has 1 aliphatic carbocycles. The topological polar surface area (TPSA) is 88.5 Å². The lowest BCUT2D eigenvalue weighted by molar-refractivity contribution is 0.0912. The molecule has 6 heteroatoms. The molecule has 150 valence electrons. The molecule has 0 spiro atoms. The zero-order valence-electron chi connectivity index (χ0n) is 16.4. The fourth-order valence-electron chi connectivity index (χ4n) is 3.96. The minimum absolute atomic E-state index is 0.156. The summed E-state index contributed by atoms with van der Waals surface area (Å²) in [6, 6.07) is 11.3. The monoisotopic (exact) mass is 389 g/mol. The SMILES string of the molecule is NC1C=CC=CC1(N)C(=O)c1ccc(N2CCCN(c3ccncc3)CC2)cc1. The number of hydrogen-bond donors (Lipinski definition) is 2. The van der Waals surface area contributed by atoms with Gasteiger partial charge in [-0.2, -0.15) is 0 Å². The molecule has 2 aliphatic rings. The molecule has 1 aromatic carbocycles. The number of rotatable bonds is 4. The highest BCUT2D eigenvalue weighted by molar-refractivity contribution is 6.05. The van der Waals surface area contributed by atoms with Crippen LogP contribution in [0.15, 0.2) is 73.1 Å². The maximum atomic E-state index is 13.0. The van der Waals surface area contributed by atoms with E-state index in [4.69, 9.17) is 11.5 Å². The van der Waals surface area contributed by atoms with E-state index in [2.05, 4.69) is 26.9 Å². The van der Waals surface area contributed by atoms with Gasteiger partial charge in [-0.15, -0.1) is 0 Å². The van der Waals surface area contributed by atoms with Gasteiger partial charge in [-0.05, 0) is 42.8 Å². The van der Waals surface area contributed by atoms with Crippen LogP contribution < -0.4 is 21.3 Å². The number of benzene rings is 1. The highest BCUT2D eigenvalue weighted by Gasteiger charge is 2.38. The van der Waals surface area contributed by atoms with Gasteiger partial charge < -0.3 is 21.3 Å². The van der Waals surface area contributed by atoms with Crippen LogP contribution in [0.1, 0.15) is 16.8 Å². The number of aromatic nitrogens is 1. The fourth-order valence-corrected chi connectivity index (χ4v) is 3.96. The number of carbonyl (C=O) groups excluding carboxylic acids is 1. The standard InChI is InChI=1S/C23H27N5O/c24-21-4-1-2-11-23(21,25)22(29)18-5-7-19(8-6-18)27-14-3-15-28(17-16-27)20-9-12-26-13-10-20/h1-2,4-13,21H,3,14-17,24-25H2. The lowest BCUT2D eigenvalue weighted by atomic mass is 9.81. The summed E-state index contributed by atoms with van der Waals surface area (Å²) in [5, 5.41) is 0. The van der Waals surface area contributed by atoms with Crippen LogP contribution in [0.25, 0.3) is 0 Å². The molecule has 2 unspecified atom stereocenters. The maximum Gasteiger partial charge on any atom is 0.188 e. The summed E-state index contributed by atoms with van der Waals surface area (Å²) in [4.78, 5) is 21.8. The van der Waals surface area contributed by atoms with Crippen LogP contribution in [0.2, 0.25) is 0 Å². The van der Waals surface area contributed by atoms with E-state index in [-0.39, 0.29) is 5.78 Å². The Kier molecular flexibility index (Phi) is 5.47. The average molecular weight is 390 g/mol. The molecule has 1 fully saturated rings. The van der Waals surface area contributed by atoms with Crippen LogP contribution in [-0.2, 0) is 0 Å². The molecule has 4 N–H and O–H groups in total. The van der Waals surface area contributed by atoms with Crippen molar-refractivity contribution in [2.75, 3.05) is 36.0 Å². The summed E-state index contributed by atoms with van der Waals surface area (Å²) in [6.07, 6.45) is 11.8. The van der Waals surface area contributed by atoms with Gasteiger partial charge in [-0.1, -0.05) is 24.3 Å². The van der Waals surface area contributed by atoms with Gasteiger partial charge in [0.15, 0.2) is 5.78 Å². The molecule has 2 aromatic rings. The number of hydrogen-bond acceptors (Lipinski definition) is 6. The minimum Gasteiger partial charge on any atom is -0.370 e. The Bertz CT molecular complexity index is 909. The Morgan fingerprint density at radius 3 is 2.17 bits per heavy atom. The molecule has 0 saturated carbocycles. The lowest BCUT2D eigenvalue weighted by Crippen LogP contribution is -2.59. The van der Waals surface area contributed by atoms with Crippen LogP contribution in [0.3, 0.4) is 0 Å². The van der Waals surface area contributed by atoms with Gasteiger partial charge in [-0.25, -0.2) is 0 Å². The molecule has 4 rings (SSSR count). The number of anilines is 2. The van der Waals surface area contributed by atoms with Crippen molar-refractivity contribution >= 4 is 17.2 Å². The fraction of sp³-hybridized carbons (Fsp3) is 0.304. The van der Waals surface area contributed by atoms with Crippen molar-refractivity contribution in [3.05, 3.63) is 78.7 Å². The van der Waals surface area contributed by atoms with Crippen LogP contribution in [-0.4, -0.2) is 48.5 Å². The Labute approximate surface area is 171 Å². The number of pyridine rings is 1. The van der Waals surface area contributed by atoms with Crippen molar-refractivity contribution < 1.29 is 4.79 Å². The third-order valence-electron chi connectivity index (χ3n) is 5.76. The van der Waals surface area contributed by atoms with E-state index < -0.39 is 11.6 Å². The summed E-state index contributed by atoms with van der Waals surface area (Å²) in [7, 11) is 0. The van der Waals surface area contributed by atoms with E-state index >= 15 is 0 Å². The van der Waals surface area contributed by atoms with Gasteiger partial charge in [0.05, 0.1) is 6.04 Å². The number of allylic oxidation sites excluding steroid dienone is 2. The molecular weight excluding hydrogens is 362 g/mol. The Morgan fingerprint density at radius 2 is 1.55 bits per heavy atom. The van der Waals surface area contributed by atoms with E-state index in [1.54, 1.807) is 18.2 Å². The van der Waals surface area contributed by atoms with E-state index in [1.165, 1.54) is 5.69 Å². The van der Waals surface area contributed by atoms with Crippen molar-refractivity contribution in [3.63, 3.8) is 0 Å². The number of ketones is 1. The first-order chi connectivity index (χ1) is 14.1. The second-order valence-corrected chi connectivity index (χ2v) is 7.61. The summed E-state index contributed by atoms with van der Waals surface area (Å²) < 4.78 is 0. The van der Waals surface area contributed by atoms with Crippen molar-refractivity contribution in [3.8, 4) is 0 Å². The van der Waals surface area contributed by atoms with Crippen LogP contribution in [0.4, 0.5) is 11.4 Å². The molecular formula is C23H27N5O. The normalized spacial score (nSPS) is 24.4. The lowest BCUT2D eigenvalue weighted by Gasteiger charge is -2.31. The van der Waals surface area contributed by atoms with Crippen molar-refractivity contribution in [2.24, 2.45) is 11.5 Å². The molecule has 0 radical (unpaired) electrons. The van der Waals surface area contributed by atoms with Crippen molar-refractivity contribution in [2.45, 2.75) is 18.0 Å². The molecule has 0 bridgehead atoms. The van der Waals surface area contributed by atoms with Crippen LogP contribution in [0, 0.1) is 0 Å². The highest BCUT2D eigenvalue weighted by atomic mass is 16.1. The van der Waals surface area contributed by atoms with Crippen LogP contribution >= 0.6 is 0 Å². The number of Topliss-reactive ketones (excluding diaryl/α,β-unsaturated/α-hetero) is 1. The predicted octanol–water partition coefficient (Wildman–Crippen LogP) is 2.13. The van der Waals surface area contributed by atoms with Crippen LogP contribution in [0.5, 0.6) is 0 Å². The average Bonchev–Trinajstić information content (AvgIpc) is 3.02. The van der Waals surface area contributed by atoms with Gasteiger partial charge in [0.2, 0.25) is 0 Å². The number of nitrogens with two attached hydrogens (primary N) is 2. The predicted molar refractivity (Wildman–Crippen MR) is 117 cm³/mol. The molecule has 0 amide bonds. The Balaban J connectivity index is 1.45. The van der Waals surface area contributed by atoms with Crippen molar-refractivity contribution in [1.82, 2.24) is 4.98 Å².